The van der Waals surface area contributed by atoms with Gasteiger partial charge in [0.15, 0.2) is 0 Å². The standard InChI is InChI=1S/C15H16ClNO3S/c1-10-5-11(2)7-13(6-10)17-21(19,20)14-3-4-15(16)12(8-14)9-18/h3-8,17-18H,9H2,1-2H3. The van der Waals surface area contributed by atoms with Crippen molar-refractivity contribution in [1.82, 2.24) is 0 Å². The number of hydrogen-bond donors (Lipinski definition) is 2. The van der Waals surface area contributed by atoms with Gasteiger partial charge in [0.05, 0.1) is 11.5 Å². The molecule has 0 aliphatic carbocycles. The van der Waals surface area contributed by atoms with E-state index in [9.17, 15) is 13.5 Å². The molecule has 2 aromatic rings. The Morgan fingerprint density at radius 2 is 1.71 bits per heavy atom. The van der Waals surface area contributed by atoms with Crippen LogP contribution in [0.5, 0.6) is 0 Å². The van der Waals surface area contributed by atoms with Crippen LogP contribution in [0.15, 0.2) is 41.3 Å². The largest absolute Gasteiger partial charge is 0.392 e. The van der Waals surface area contributed by atoms with Crippen molar-refractivity contribution >= 4 is 27.3 Å². The zero-order valence-electron chi connectivity index (χ0n) is 11.7. The number of anilines is 1. The summed E-state index contributed by atoms with van der Waals surface area (Å²) in [5.41, 5.74) is 2.83. The smallest absolute Gasteiger partial charge is 0.261 e. The fourth-order valence-electron chi connectivity index (χ4n) is 2.09. The summed E-state index contributed by atoms with van der Waals surface area (Å²) in [6.45, 7) is 3.49. The number of hydrogen-bond acceptors (Lipinski definition) is 3. The molecule has 0 saturated heterocycles. The molecule has 0 aliphatic heterocycles. The molecule has 6 heteroatoms. The summed E-state index contributed by atoms with van der Waals surface area (Å²) < 4.78 is 27.3. The topological polar surface area (TPSA) is 66.4 Å². The van der Waals surface area contributed by atoms with Crippen LogP contribution in [-0.4, -0.2) is 13.5 Å². The zero-order valence-corrected chi connectivity index (χ0v) is 13.3. The van der Waals surface area contributed by atoms with Gasteiger partial charge in [0.2, 0.25) is 0 Å². The second-order valence-electron chi connectivity index (χ2n) is 4.89. The average molecular weight is 326 g/mol. The molecule has 0 amide bonds. The lowest BCUT2D eigenvalue weighted by molar-refractivity contribution is 0.281. The van der Waals surface area contributed by atoms with Crippen molar-refractivity contribution < 1.29 is 13.5 Å². The van der Waals surface area contributed by atoms with E-state index < -0.39 is 10.0 Å². The number of rotatable bonds is 4. The van der Waals surface area contributed by atoms with E-state index in [1.54, 1.807) is 12.1 Å². The van der Waals surface area contributed by atoms with Gasteiger partial charge in [-0.1, -0.05) is 17.7 Å². The molecule has 0 fully saturated rings. The first kappa shape index (κ1) is 15.8. The van der Waals surface area contributed by atoms with E-state index in [1.165, 1.54) is 18.2 Å². The van der Waals surface area contributed by atoms with E-state index in [0.717, 1.165) is 11.1 Å². The molecule has 2 N–H and O–H groups in total. The Labute approximate surface area is 129 Å². The van der Waals surface area contributed by atoms with Gasteiger partial charge in [0.25, 0.3) is 10.0 Å². The molecule has 0 bridgehead atoms. The molecule has 2 aromatic carbocycles. The summed E-state index contributed by atoms with van der Waals surface area (Å²) in [7, 11) is -3.72. The second-order valence-corrected chi connectivity index (χ2v) is 6.98. The predicted molar refractivity (Wildman–Crippen MR) is 84.1 cm³/mol. The minimum absolute atomic E-state index is 0.0649. The monoisotopic (exact) mass is 325 g/mol. The first-order valence-corrected chi connectivity index (χ1v) is 8.18. The van der Waals surface area contributed by atoms with Crippen molar-refractivity contribution in [3.05, 3.63) is 58.1 Å². The van der Waals surface area contributed by atoms with E-state index in [0.29, 0.717) is 16.3 Å². The molecule has 0 aromatic heterocycles. The van der Waals surface area contributed by atoms with Gasteiger partial charge in [-0.3, -0.25) is 4.72 Å². The number of halogens is 1. The summed E-state index contributed by atoms with van der Waals surface area (Å²) in [6.07, 6.45) is 0. The molecular formula is C15H16ClNO3S. The van der Waals surface area contributed by atoms with Crippen LogP contribution >= 0.6 is 11.6 Å². The molecule has 0 radical (unpaired) electrons. The molecule has 0 spiro atoms. The fraction of sp³-hybridized carbons (Fsp3) is 0.200. The molecule has 2 rings (SSSR count). The van der Waals surface area contributed by atoms with Crippen LogP contribution in [0.3, 0.4) is 0 Å². The number of aryl methyl sites for hydroxylation is 2. The van der Waals surface area contributed by atoms with Gasteiger partial charge in [0, 0.05) is 10.7 Å². The third kappa shape index (κ3) is 3.75. The number of benzene rings is 2. The molecule has 0 heterocycles. The van der Waals surface area contributed by atoms with Crippen molar-refractivity contribution in [1.29, 1.82) is 0 Å². The van der Waals surface area contributed by atoms with Crippen molar-refractivity contribution in [2.75, 3.05) is 4.72 Å². The van der Waals surface area contributed by atoms with Crippen LogP contribution in [0.25, 0.3) is 0 Å². The van der Waals surface area contributed by atoms with Crippen molar-refractivity contribution in [2.24, 2.45) is 0 Å². The van der Waals surface area contributed by atoms with Crippen LogP contribution in [0.1, 0.15) is 16.7 Å². The number of sulfonamides is 1. The molecule has 21 heavy (non-hydrogen) atoms. The Kier molecular flexibility index (Phi) is 4.56. The lowest BCUT2D eigenvalue weighted by Crippen LogP contribution is -2.13. The average Bonchev–Trinajstić information content (AvgIpc) is 2.37. The highest BCUT2D eigenvalue weighted by Crippen LogP contribution is 2.23. The normalized spacial score (nSPS) is 11.4. The number of aliphatic hydroxyl groups excluding tert-OH is 1. The first-order valence-electron chi connectivity index (χ1n) is 6.32. The van der Waals surface area contributed by atoms with Gasteiger partial charge in [-0.05, 0) is 60.9 Å². The van der Waals surface area contributed by atoms with E-state index in [2.05, 4.69) is 4.72 Å². The van der Waals surface area contributed by atoms with Crippen molar-refractivity contribution in [3.8, 4) is 0 Å². The predicted octanol–water partition coefficient (Wildman–Crippen LogP) is 3.25. The van der Waals surface area contributed by atoms with Crippen LogP contribution in [0, 0.1) is 13.8 Å². The van der Waals surface area contributed by atoms with Gasteiger partial charge in [-0.2, -0.15) is 0 Å². The molecule has 0 aliphatic rings. The Morgan fingerprint density at radius 3 is 2.29 bits per heavy atom. The molecule has 0 unspecified atom stereocenters. The molecular weight excluding hydrogens is 310 g/mol. The van der Waals surface area contributed by atoms with Crippen LogP contribution in [-0.2, 0) is 16.6 Å². The van der Waals surface area contributed by atoms with Crippen molar-refractivity contribution in [3.63, 3.8) is 0 Å². The van der Waals surface area contributed by atoms with Gasteiger partial charge in [0.1, 0.15) is 0 Å². The summed E-state index contributed by atoms with van der Waals surface area (Å²) in [5.74, 6) is 0. The number of aliphatic hydroxyl groups is 1. The SMILES string of the molecule is Cc1cc(C)cc(NS(=O)(=O)c2ccc(Cl)c(CO)c2)c1. The Morgan fingerprint density at radius 1 is 1.10 bits per heavy atom. The van der Waals surface area contributed by atoms with Crippen LogP contribution in [0.2, 0.25) is 5.02 Å². The third-order valence-electron chi connectivity index (χ3n) is 2.97. The zero-order chi connectivity index (χ0) is 15.6. The minimum atomic E-state index is -3.72. The Balaban J connectivity index is 2.38. The Hall–Kier alpha value is -1.56. The minimum Gasteiger partial charge on any atom is -0.392 e. The lowest BCUT2D eigenvalue weighted by atomic mass is 10.1. The summed E-state index contributed by atoms with van der Waals surface area (Å²) in [5, 5.41) is 9.51. The van der Waals surface area contributed by atoms with E-state index in [-0.39, 0.29) is 11.5 Å². The summed E-state index contributed by atoms with van der Waals surface area (Å²) in [4.78, 5) is 0.0649. The molecule has 4 nitrogen and oxygen atoms in total. The quantitative estimate of drug-likeness (QED) is 0.906. The highest BCUT2D eigenvalue weighted by Gasteiger charge is 2.16. The Bertz CT molecular complexity index is 752. The lowest BCUT2D eigenvalue weighted by Gasteiger charge is -2.11. The van der Waals surface area contributed by atoms with Gasteiger partial charge >= 0.3 is 0 Å². The van der Waals surface area contributed by atoms with Crippen LogP contribution in [0.4, 0.5) is 5.69 Å². The van der Waals surface area contributed by atoms with Gasteiger partial charge in [-0.25, -0.2) is 8.42 Å². The van der Waals surface area contributed by atoms with E-state index >= 15 is 0 Å². The van der Waals surface area contributed by atoms with E-state index in [4.69, 9.17) is 11.6 Å². The molecule has 0 saturated carbocycles. The number of nitrogens with one attached hydrogen (secondary N) is 1. The van der Waals surface area contributed by atoms with Crippen molar-refractivity contribution in [2.45, 2.75) is 25.3 Å². The molecule has 0 atom stereocenters. The highest BCUT2D eigenvalue weighted by atomic mass is 35.5. The van der Waals surface area contributed by atoms with Crippen LogP contribution < -0.4 is 4.72 Å². The highest BCUT2D eigenvalue weighted by molar-refractivity contribution is 7.92. The maximum atomic E-state index is 12.4. The summed E-state index contributed by atoms with van der Waals surface area (Å²) in [6, 6.07) is 9.72. The molecule has 112 valence electrons. The van der Waals surface area contributed by atoms with Gasteiger partial charge < -0.3 is 5.11 Å². The van der Waals surface area contributed by atoms with E-state index in [1.807, 2.05) is 19.9 Å². The summed E-state index contributed by atoms with van der Waals surface area (Å²) >= 11 is 5.87. The third-order valence-corrected chi connectivity index (χ3v) is 4.72. The fourth-order valence-corrected chi connectivity index (χ4v) is 3.36. The maximum Gasteiger partial charge on any atom is 0.261 e. The van der Waals surface area contributed by atoms with Gasteiger partial charge in [-0.15, -0.1) is 0 Å². The maximum absolute atomic E-state index is 12.4. The first-order chi connectivity index (χ1) is 9.81. The second kappa shape index (κ2) is 6.05.